The van der Waals surface area contributed by atoms with Crippen LogP contribution in [0.4, 0.5) is 0 Å². The van der Waals surface area contributed by atoms with E-state index in [1.165, 1.54) is 12.2 Å². The average molecular weight is 388 g/mol. The molecule has 1 saturated heterocycles. The molecule has 1 heterocycles. The fraction of sp³-hybridized carbons (Fsp3) is 0.833. The minimum absolute atomic E-state index is 0.00585. The Morgan fingerprint density at radius 1 is 1.29 bits per heavy atom. The highest BCUT2D eigenvalue weighted by molar-refractivity contribution is 5.82. The Kier molecular flexibility index (Phi) is 4.91. The molecule has 0 radical (unpaired) electrons. The van der Waals surface area contributed by atoms with Crippen LogP contribution in [0.1, 0.15) is 78.6 Å². The van der Waals surface area contributed by atoms with E-state index in [2.05, 4.69) is 19.9 Å². The van der Waals surface area contributed by atoms with Crippen molar-refractivity contribution in [3.05, 3.63) is 11.8 Å². The van der Waals surface area contributed by atoms with Crippen molar-refractivity contribution in [2.75, 3.05) is 6.61 Å². The van der Waals surface area contributed by atoms with Gasteiger partial charge in [0.05, 0.1) is 17.8 Å². The Morgan fingerprint density at radius 3 is 2.75 bits per heavy atom. The van der Waals surface area contributed by atoms with Crippen molar-refractivity contribution < 1.29 is 14.3 Å². The quantitative estimate of drug-likeness (QED) is 0.700. The molecule has 156 valence electrons. The number of hydrogen-bond donors (Lipinski definition) is 1. The Bertz CT molecular complexity index is 687. The number of primary amides is 1. The molecule has 0 bridgehead atoms. The van der Waals surface area contributed by atoms with Gasteiger partial charge in [0.1, 0.15) is 6.29 Å². The number of rotatable bonds is 5. The third-order valence-electron chi connectivity index (χ3n) is 9.59. The van der Waals surface area contributed by atoms with Crippen molar-refractivity contribution in [2.24, 2.45) is 45.7 Å². The summed E-state index contributed by atoms with van der Waals surface area (Å²) in [6.07, 6.45) is 12.6. The topological polar surface area (TPSA) is 69.4 Å². The molecule has 0 aromatic rings. The highest BCUT2D eigenvalue weighted by atomic mass is 16.5. The number of hydrogen-bond acceptors (Lipinski definition) is 3. The minimum Gasteiger partial charge on any atom is -0.498 e. The van der Waals surface area contributed by atoms with Crippen LogP contribution in [0.2, 0.25) is 0 Å². The van der Waals surface area contributed by atoms with Crippen molar-refractivity contribution in [3.63, 3.8) is 0 Å². The number of ether oxygens (including phenoxy) is 1. The number of aldehydes is 1. The van der Waals surface area contributed by atoms with Crippen LogP contribution < -0.4 is 5.73 Å². The van der Waals surface area contributed by atoms with Gasteiger partial charge in [0, 0.05) is 11.3 Å². The maximum Gasteiger partial charge on any atom is 0.224 e. The molecule has 2 N–H and O–H groups in total. The van der Waals surface area contributed by atoms with E-state index < -0.39 is 5.41 Å². The third-order valence-corrected chi connectivity index (χ3v) is 9.59. The van der Waals surface area contributed by atoms with E-state index >= 15 is 0 Å². The van der Waals surface area contributed by atoms with Crippen LogP contribution in [0.25, 0.3) is 0 Å². The van der Waals surface area contributed by atoms with Crippen LogP contribution >= 0.6 is 0 Å². The first-order chi connectivity index (χ1) is 13.3. The molecule has 4 heteroatoms. The number of fused-ring (bicyclic) bond motifs is 5. The lowest BCUT2D eigenvalue weighted by Gasteiger charge is -2.58. The van der Waals surface area contributed by atoms with Crippen LogP contribution in [0.5, 0.6) is 0 Å². The first-order valence-electron chi connectivity index (χ1n) is 11.4. The molecule has 2 saturated carbocycles. The monoisotopic (exact) mass is 387 g/mol. The Morgan fingerprint density at radius 2 is 2.04 bits per heavy atom. The first-order valence-corrected chi connectivity index (χ1v) is 11.4. The van der Waals surface area contributed by atoms with Crippen molar-refractivity contribution in [1.29, 1.82) is 0 Å². The van der Waals surface area contributed by atoms with Gasteiger partial charge < -0.3 is 15.3 Å². The highest BCUT2D eigenvalue weighted by Gasteiger charge is 2.65. The van der Waals surface area contributed by atoms with Crippen LogP contribution in [0, 0.1) is 39.9 Å². The van der Waals surface area contributed by atoms with Crippen molar-refractivity contribution >= 4 is 12.2 Å². The molecule has 3 fully saturated rings. The summed E-state index contributed by atoms with van der Waals surface area (Å²) in [6.45, 7) is 7.57. The van der Waals surface area contributed by atoms with E-state index in [9.17, 15) is 9.59 Å². The summed E-state index contributed by atoms with van der Waals surface area (Å²) in [5, 5.41) is 0. The molecule has 4 aliphatic rings. The second-order valence-corrected chi connectivity index (χ2v) is 10.6. The standard InChI is InChI=1S/C24H37NO3/c1-16(15-26)7-12-24(21(25)27)13-9-19-17-5-6-20-22(2,10-4-14-28-20)18(17)8-11-23(19,24)3/h6,15-19H,4-5,7-14H2,1-3H3,(H2,25,27)/t16?,17-,18+,19+,22-,23+,24-/m1/s1. The van der Waals surface area contributed by atoms with Gasteiger partial charge in [0.15, 0.2) is 0 Å². The maximum absolute atomic E-state index is 12.8. The van der Waals surface area contributed by atoms with E-state index in [1.807, 2.05) is 6.92 Å². The molecule has 4 nitrogen and oxygen atoms in total. The molecule has 28 heavy (non-hydrogen) atoms. The number of nitrogens with two attached hydrogens (primary N) is 1. The second kappa shape index (κ2) is 6.88. The molecule has 0 spiro atoms. The van der Waals surface area contributed by atoms with Gasteiger partial charge in [0.2, 0.25) is 5.91 Å². The average Bonchev–Trinajstić information content (AvgIpc) is 2.99. The smallest absolute Gasteiger partial charge is 0.224 e. The molecule has 1 unspecified atom stereocenters. The predicted octanol–water partition coefficient (Wildman–Crippen LogP) is 4.62. The van der Waals surface area contributed by atoms with Gasteiger partial charge in [-0.15, -0.1) is 0 Å². The Hall–Kier alpha value is -1.32. The van der Waals surface area contributed by atoms with Gasteiger partial charge in [0.25, 0.3) is 0 Å². The molecule has 0 aromatic carbocycles. The molecular formula is C24H37NO3. The molecule has 3 aliphatic carbocycles. The van der Waals surface area contributed by atoms with E-state index in [-0.39, 0.29) is 22.7 Å². The van der Waals surface area contributed by atoms with Gasteiger partial charge in [-0.1, -0.05) is 20.8 Å². The lowest BCUT2D eigenvalue weighted by atomic mass is 9.46. The maximum atomic E-state index is 12.8. The fourth-order valence-corrected chi connectivity index (χ4v) is 7.84. The first kappa shape index (κ1) is 20.0. The van der Waals surface area contributed by atoms with Gasteiger partial charge in [-0.2, -0.15) is 0 Å². The largest absolute Gasteiger partial charge is 0.498 e. The molecule has 0 aromatic heterocycles. The van der Waals surface area contributed by atoms with E-state index in [4.69, 9.17) is 10.5 Å². The van der Waals surface area contributed by atoms with Gasteiger partial charge >= 0.3 is 0 Å². The van der Waals surface area contributed by atoms with E-state index in [0.717, 1.165) is 64.3 Å². The minimum atomic E-state index is -0.451. The van der Waals surface area contributed by atoms with Crippen molar-refractivity contribution in [2.45, 2.75) is 78.6 Å². The van der Waals surface area contributed by atoms with Crippen LogP contribution in [-0.4, -0.2) is 18.8 Å². The van der Waals surface area contributed by atoms with Gasteiger partial charge in [-0.05, 0) is 87.0 Å². The SMILES string of the molecule is CC(C=O)CC[C@]1(C(N)=O)CC[C@H]2[C@@H]3CC=C4OCCC[C@]4(C)[C@H]3CC[C@@]21C. The zero-order valence-electron chi connectivity index (χ0n) is 17.8. The zero-order valence-corrected chi connectivity index (χ0v) is 17.8. The Balaban J connectivity index is 1.65. The summed E-state index contributed by atoms with van der Waals surface area (Å²) in [5.74, 6) is 2.92. The number of allylic oxidation sites excluding steroid dienone is 2. The molecular weight excluding hydrogens is 350 g/mol. The summed E-state index contributed by atoms with van der Waals surface area (Å²) in [5.41, 5.74) is 5.77. The molecule has 1 amide bonds. The number of amides is 1. The fourth-order valence-electron chi connectivity index (χ4n) is 7.84. The molecule has 1 aliphatic heterocycles. The second-order valence-electron chi connectivity index (χ2n) is 10.6. The predicted molar refractivity (Wildman–Crippen MR) is 109 cm³/mol. The van der Waals surface area contributed by atoms with E-state index in [0.29, 0.717) is 17.8 Å². The summed E-state index contributed by atoms with van der Waals surface area (Å²) in [7, 11) is 0. The summed E-state index contributed by atoms with van der Waals surface area (Å²) in [4.78, 5) is 24.0. The van der Waals surface area contributed by atoms with E-state index in [1.54, 1.807) is 0 Å². The normalized spacial score (nSPS) is 45.7. The lowest BCUT2D eigenvalue weighted by molar-refractivity contribution is -0.144. The third kappa shape index (κ3) is 2.62. The number of carbonyl (C=O) groups excluding carboxylic acids is 2. The summed E-state index contributed by atoms with van der Waals surface area (Å²) < 4.78 is 6.08. The molecule has 4 rings (SSSR count). The van der Waals surface area contributed by atoms with Crippen molar-refractivity contribution in [3.8, 4) is 0 Å². The van der Waals surface area contributed by atoms with Gasteiger partial charge in [-0.3, -0.25) is 4.79 Å². The van der Waals surface area contributed by atoms with Crippen LogP contribution in [0.15, 0.2) is 11.8 Å². The Labute approximate surface area is 169 Å². The molecule has 7 atom stereocenters. The van der Waals surface area contributed by atoms with Crippen molar-refractivity contribution in [1.82, 2.24) is 0 Å². The number of carbonyl (C=O) groups is 2. The zero-order chi connectivity index (χ0) is 20.2. The van der Waals surface area contributed by atoms with Crippen LogP contribution in [0.3, 0.4) is 0 Å². The van der Waals surface area contributed by atoms with Crippen LogP contribution in [-0.2, 0) is 14.3 Å². The summed E-state index contributed by atoms with van der Waals surface area (Å²) >= 11 is 0. The van der Waals surface area contributed by atoms with Gasteiger partial charge in [-0.25, -0.2) is 0 Å². The summed E-state index contributed by atoms with van der Waals surface area (Å²) in [6, 6.07) is 0. The lowest BCUT2D eigenvalue weighted by Crippen LogP contribution is -2.55. The highest BCUT2D eigenvalue weighted by Crippen LogP contribution is 2.70.